The van der Waals surface area contributed by atoms with E-state index < -0.39 is 6.43 Å². The standard InChI is InChI=1S/C27H43ClF2Si/c1-2-3-6-17-31-18-15-22(16-19-31)8-5-4-7-21-9-11-23(12-10-21)25-14-13-24(28)20-26(25)27(29)30/h13-14,20-23,27,31H,2-12,15-19H2,1H3/t21-,22-,23-,31-. The van der Waals surface area contributed by atoms with Crippen LogP contribution >= 0.6 is 11.6 Å². The van der Waals surface area contributed by atoms with Gasteiger partial charge < -0.3 is 0 Å². The first-order valence-electron chi connectivity index (χ1n) is 13.1. The first kappa shape index (κ1) is 25.2. The lowest BCUT2D eigenvalue weighted by Gasteiger charge is -2.30. The minimum atomic E-state index is -2.43. The van der Waals surface area contributed by atoms with Gasteiger partial charge in [-0.05, 0) is 61.1 Å². The van der Waals surface area contributed by atoms with Crippen molar-refractivity contribution >= 4 is 20.4 Å². The Kier molecular flexibility index (Phi) is 10.8. The van der Waals surface area contributed by atoms with E-state index in [1.807, 2.05) is 6.07 Å². The number of hydrogen-bond acceptors (Lipinski definition) is 0. The van der Waals surface area contributed by atoms with Gasteiger partial charge >= 0.3 is 0 Å². The van der Waals surface area contributed by atoms with Crippen molar-refractivity contribution in [3.8, 4) is 0 Å². The fourth-order valence-electron chi connectivity index (χ4n) is 6.23. The summed E-state index contributed by atoms with van der Waals surface area (Å²) in [5, 5.41) is 0.417. The van der Waals surface area contributed by atoms with E-state index in [2.05, 4.69) is 6.92 Å². The minimum absolute atomic E-state index is 0.152. The molecule has 1 aromatic rings. The molecule has 31 heavy (non-hydrogen) atoms. The van der Waals surface area contributed by atoms with Crippen LogP contribution in [0.5, 0.6) is 0 Å². The van der Waals surface area contributed by atoms with Gasteiger partial charge in [-0.2, -0.15) is 0 Å². The lowest BCUT2D eigenvalue weighted by atomic mass is 9.76. The van der Waals surface area contributed by atoms with E-state index in [0.717, 1.165) is 30.2 Å². The monoisotopic (exact) mass is 468 g/mol. The molecule has 0 spiro atoms. The number of rotatable bonds is 11. The van der Waals surface area contributed by atoms with E-state index in [0.29, 0.717) is 5.02 Å². The molecule has 0 unspecified atom stereocenters. The van der Waals surface area contributed by atoms with Crippen LogP contribution in [0.1, 0.15) is 114 Å². The largest absolute Gasteiger partial charge is 0.264 e. The Morgan fingerprint density at radius 2 is 1.55 bits per heavy atom. The van der Waals surface area contributed by atoms with Crippen LogP contribution in [0, 0.1) is 11.8 Å². The zero-order chi connectivity index (χ0) is 22.1. The summed E-state index contributed by atoms with van der Waals surface area (Å²) >= 11 is 5.95. The van der Waals surface area contributed by atoms with Crippen molar-refractivity contribution < 1.29 is 8.78 Å². The third kappa shape index (κ3) is 8.14. The topological polar surface area (TPSA) is 0 Å². The summed E-state index contributed by atoms with van der Waals surface area (Å²) < 4.78 is 26.9. The zero-order valence-electron chi connectivity index (χ0n) is 19.6. The third-order valence-corrected chi connectivity index (χ3v) is 12.0. The predicted octanol–water partition coefficient (Wildman–Crippen LogP) is 9.94. The summed E-state index contributed by atoms with van der Waals surface area (Å²) in [6.45, 7) is 2.31. The lowest BCUT2D eigenvalue weighted by molar-refractivity contribution is 0.148. The Morgan fingerprint density at radius 1 is 0.903 bits per heavy atom. The first-order chi connectivity index (χ1) is 15.1. The second-order valence-corrected chi connectivity index (χ2v) is 14.4. The van der Waals surface area contributed by atoms with Gasteiger partial charge in [0.2, 0.25) is 0 Å². The van der Waals surface area contributed by atoms with Crippen LogP contribution in [-0.4, -0.2) is 8.80 Å². The summed E-state index contributed by atoms with van der Waals surface area (Å²) in [6.07, 6.45) is 15.0. The maximum Gasteiger partial charge on any atom is 0.264 e. The van der Waals surface area contributed by atoms with Crippen molar-refractivity contribution in [2.24, 2.45) is 11.8 Å². The molecule has 0 amide bonds. The smallest absolute Gasteiger partial charge is 0.205 e. The molecule has 0 nitrogen and oxygen atoms in total. The molecule has 4 heteroatoms. The van der Waals surface area contributed by atoms with E-state index in [1.54, 1.807) is 24.2 Å². The SMILES string of the molecule is CCCCC[Si@H]1CC[C@H](CCCC[C@H]2CC[C@H](c3ccc(Cl)cc3C(F)F)CC2)CC1. The number of alkyl halides is 2. The quantitative estimate of drug-likeness (QED) is 0.224. The van der Waals surface area contributed by atoms with Crippen molar-refractivity contribution in [2.45, 2.75) is 121 Å². The van der Waals surface area contributed by atoms with E-state index >= 15 is 0 Å². The Morgan fingerprint density at radius 3 is 2.16 bits per heavy atom. The van der Waals surface area contributed by atoms with Gasteiger partial charge in [-0.1, -0.05) is 101 Å². The first-order valence-corrected chi connectivity index (χ1v) is 16.0. The minimum Gasteiger partial charge on any atom is -0.205 e. The maximum atomic E-state index is 13.4. The highest BCUT2D eigenvalue weighted by Gasteiger charge is 2.26. The van der Waals surface area contributed by atoms with E-state index in [4.69, 9.17) is 11.6 Å². The van der Waals surface area contributed by atoms with Gasteiger partial charge in [-0.3, -0.25) is 0 Å². The van der Waals surface area contributed by atoms with Gasteiger partial charge in [0, 0.05) is 19.4 Å². The van der Waals surface area contributed by atoms with Gasteiger partial charge in [0.1, 0.15) is 0 Å². The fraction of sp³-hybridized carbons (Fsp3) is 0.778. The van der Waals surface area contributed by atoms with Crippen LogP contribution in [0.3, 0.4) is 0 Å². The van der Waals surface area contributed by atoms with Crippen LogP contribution in [0.4, 0.5) is 8.78 Å². The molecule has 3 rings (SSSR count). The highest BCUT2D eigenvalue weighted by atomic mass is 35.5. The van der Waals surface area contributed by atoms with Crippen LogP contribution in [0.25, 0.3) is 0 Å². The molecule has 1 aliphatic carbocycles. The molecule has 2 fully saturated rings. The molecule has 0 aromatic heterocycles. The van der Waals surface area contributed by atoms with Crippen LogP contribution < -0.4 is 0 Å². The van der Waals surface area contributed by atoms with Crippen molar-refractivity contribution in [3.05, 3.63) is 34.3 Å². The van der Waals surface area contributed by atoms with Gasteiger partial charge in [-0.25, -0.2) is 8.78 Å². The van der Waals surface area contributed by atoms with Crippen molar-refractivity contribution in [3.63, 3.8) is 0 Å². The molecule has 0 bridgehead atoms. The summed E-state index contributed by atoms with van der Waals surface area (Å²) in [7, 11) is -0.360. The molecular formula is C27H43ClF2Si. The van der Waals surface area contributed by atoms with Gasteiger partial charge in [0.25, 0.3) is 6.43 Å². The van der Waals surface area contributed by atoms with E-state index in [-0.39, 0.29) is 20.3 Å². The van der Waals surface area contributed by atoms with E-state index in [9.17, 15) is 8.78 Å². The Bertz CT molecular complexity index is 634. The highest BCUT2D eigenvalue weighted by molar-refractivity contribution is 6.58. The average Bonchev–Trinajstić information content (AvgIpc) is 2.78. The molecule has 1 aromatic carbocycles. The Balaban J connectivity index is 1.30. The normalized spacial score (nSPS) is 27.0. The second kappa shape index (κ2) is 13.3. The molecule has 1 saturated heterocycles. The maximum absolute atomic E-state index is 13.4. The molecule has 1 heterocycles. The predicted molar refractivity (Wildman–Crippen MR) is 133 cm³/mol. The number of halogens is 3. The zero-order valence-corrected chi connectivity index (χ0v) is 21.5. The molecule has 176 valence electrons. The molecule has 1 saturated carbocycles. The van der Waals surface area contributed by atoms with Crippen LogP contribution in [0.15, 0.2) is 18.2 Å². The molecule has 0 radical (unpaired) electrons. The Labute approximate surface area is 196 Å². The molecule has 0 atom stereocenters. The number of unbranched alkanes of at least 4 members (excludes halogenated alkanes) is 3. The summed E-state index contributed by atoms with van der Waals surface area (Å²) in [6, 6.07) is 9.92. The molecule has 1 aliphatic heterocycles. The summed E-state index contributed by atoms with van der Waals surface area (Å²) in [5.74, 6) is 2.11. The van der Waals surface area contributed by atoms with Gasteiger partial charge in [-0.15, -0.1) is 0 Å². The number of hydrogen-bond donors (Lipinski definition) is 0. The van der Waals surface area contributed by atoms with Gasteiger partial charge in [0.15, 0.2) is 0 Å². The lowest BCUT2D eigenvalue weighted by Crippen LogP contribution is -2.21. The molecular weight excluding hydrogens is 426 g/mol. The van der Waals surface area contributed by atoms with Crippen molar-refractivity contribution in [1.82, 2.24) is 0 Å². The average molecular weight is 469 g/mol. The van der Waals surface area contributed by atoms with Crippen molar-refractivity contribution in [1.29, 1.82) is 0 Å². The summed E-state index contributed by atoms with van der Waals surface area (Å²) in [5.41, 5.74) is 0.991. The van der Waals surface area contributed by atoms with Gasteiger partial charge in [0.05, 0.1) is 0 Å². The number of benzene rings is 1. The third-order valence-electron chi connectivity index (χ3n) is 8.23. The summed E-state index contributed by atoms with van der Waals surface area (Å²) in [4.78, 5) is 0. The second-order valence-electron chi connectivity index (χ2n) is 10.5. The fourth-order valence-corrected chi connectivity index (χ4v) is 10.0. The van der Waals surface area contributed by atoms with Crippen LogP contribution in [-0.2, 0) is 0 Å². The highest BCUT2D eigenvalue weighted by Crippen LogP contribution is 2.41. The molecule has 2 aliphatic rings. The van der Waals surface area contributed by atoms with E-state index in [1.165, 1.54) is 76.7 Å². The van der Waals surface area contributed by atoms with Crippen LogP contribution in [0.2, 0.25) is 23.2 Å². The molecule has 0 N–H and O–H groups in total. The van der Waals surface area contributed by atoms with Crippen molar-refractivity contribution in [2.75, 3.05) is 0 Å². The Hall–Kier alpha value is -0.413.